The number of esters is 1. The molecule has 1 aliphatic rings. The Balaban J connectivity index is 2.03. The standard InChI is InChI=1S/C23H26O5/c1-26-20(24)15-16-23(19-12-6-3-7-13-19,28-21-14-8-9-17-27-21)22(25)18-10-4-2-5-11-18/h2-7,10-13,21H,8-9,14-17H2,1H3. The molecular formula is C23H26O5. The predicted octanol–water partition coefficient (Wildman–Crippen LogP) is 4.26. The Bertz CT molecular complexity index is 768. The highest BCUT2D eigenvalue weighted by Crippen LogP contribution is 2.38. The van der Waals surface area contributed by atoms with Crippen molar-refractivity contribution in [2.24, 2.45) is 0 Å². The van der Waals surface area contributed by atoms with Crippen LogP contribution in [-0.4, -0.2) is 31.8 Å². The number of hydrogen-bond acceptors (Lipinski definition) is 5. The van der Waals surface area contributed by atoms with E-state index in [-0.39, 0.29) is 24.6 Å². The molecule has 0 N–H and O–H groups in total. The zero-order valence-electron chi connectivity index (χ0n) is 16.1. The van der Waals surface area contributed by atoms with Crippen LogP contribution >= 0.6 is 0 Å². The van der Waals surface area contributed by atoms with Gasteiger partial charge in [-0.3, -0.25) is 9.59 Å². The van der Waals surface area contributed by atoms with Crippen molar-refractivity contribution in [1.82, 2.24) is 0 Å². The fraction of sp³-hybridized carbons (Fsp3) is 0.391. The van der Waals surface area contributed by atoms with Crippen molar-refractivity contribution in [1.29, 1.82) is 0 Å². The second-order valence-electron chi connectivity index (χ2n) is 6.88. The van der Waals surface area contributed by atoms with E-state index in [1.165, 1.54) is 7.11 Å². The van der Waals surface area contributed by atoms with Gasteiger partial charge in [-0.05, 0) is 31.2 Å². The maximum absolute atomic E-state index is 13.7. The molecule has 0 aromatic heterocycles. The summed E-state index contributed by atoms with van der Waals surface area (Å²) in [6.07, 6.45) is 2.43. The first-order valence-electron chi connectivity index (χ1n) is 9.67. The average Bonchev–Trinajstić information content (AvgIpc) is 2.77. The Labute approximate surface area is 165 Å². The van der Waals surface area contributed by atoms with Gasteiger partial charge in [-0.1, -0.05) is 60.7 Å². The molecule has 0 saturated carbocycles. The van der Waals surface area contributed by atoms with Gasteiger partial charge in [0.2, 0.25) is 0 Å². The van der Waals surface area contributed by atoms with Gasteiger partial charge in [0.05, 0.1) is 7.11 Å². The van der Waals surface area contributed by atoms with Crippen molar-refractivity contribution in [2.45, 2.75) is 44.0 Å². The summed E-state index contributed by atoms with van der Waals surface area (Å²) in [5.41, 5.74) is -0.0762. The van der Waals surface area contributed by atoms with Gasteiger partial charge in [-0.2, -0.15) is 0 Å². The maximum Gasteiger partial charge on any atom is 0.305 e. The lowest BCUT2D eigenvalue weighted by atomic mass is 9.81. The summed E-state index contributed by atoms with van der Waals surface area (Å²) < 4.78 is 17.0. The fourth-order valence-electron chi connectivity index (χ4n) is 3.51. The lowest BCUT2D eigenvalue weighted by molar-refractivity contribution is -0.216. The third-order valence-electron chi connectivity index (χ3n) is 5.02. The van der Waals surface area contributed by atoms with Crippen LogP contribution in [0, 0.1) is 0 Å². The number of rotatable bonds is 8. The molecule has 0 radical (unpaired) electrons. The smallest absolute Gasteiger partial charge is 0.305 e. The fourth-order valence-corrected chi connectivity index (χ4v) is 3.51. The van der Waals surface area contributed by atoms with E-state index in [0.717, 1.165) is 19.3 Å². The Morgan fingerprint density at radius 1 is 1.04 bits per heavy atom. The number of methoxy groups -OCH3 is 1. The highest BCUT2D eigenvalue weighted by Gasteiger charge is 2.44. The van der Waals surface area contributed by atoms with E-state index in [2.05, 4.69) is 0 Å². The molecule has 0 spiro atoms. The summed E-state index contributed by atoms with van der Waals surface area (Å²) in [5.74, 6) is -0.563. The molecule has 1 heterocycles. The van der Waals surface area contributed by atoms with E-state index in [4.69, 9.17) is 14.2 Å². The minimum Gasteiger partial charge on any atom is -0.469 e. The molecule has 2 aromatic carbocycles. The van der Waals surface area contributed by atoms with Crippen LogP contribution in [0.25, 0.3) is 0 Å². The van der Waals surface area contributed by atoms with Gasteiger partial charge in [0, 0.05) is 18.6 Å². The van der Waals surface area contributed by atoms with Crippen LogP contribution in [0.2, 0.25) is 0 Å². The molecular weight excluding hydrogens is 356 g/mol. The van der Waals surface area contributed by atoms with Crippen molar-refractivity contribution in [3.8, 4) is 0 Å². The quantitative estimate of drug-likeness (QED) is 0.504. The summed E-state index contributed by atoms with van der Waals surface area (Å²) in [4.78, 5) is 25.6. The summed E-state index contributed by atoms with van der Waals surface area (Å²) in [6.45, 7) is 0.603. The van der Waals surface area contributed by atoms with Crippen molar-refractivity contribution in [3.05, 3.63) is 71.8 Å². The van der Waals surface area contributed by atoms with Crippen LogP contribution in [0.3, 0.4) is 0 Å². The van der Waals surface area contributed by atoms with Crippen LogP contribution in [0.4, 0.5) is 0 Å². The molecule has 1 fully saturated rings. The summed E-state index contributed by atoms with van der Waals surface area (Å²) in [7, 11) is 1.34. The molecule has 2 atom stereocenters. The van der Waals surface area contributed by atoms with Gasteiger partial charge in [0.25, 0.3) is 0 Å². The second-order valence-corrected chi connectivity index (χ2v) is 6.88. The van der Waals surface area contributed by atoms with Gasteiger partial charge < -0.3 is 14.2 Å². The molecule has 2 unspecified atom stereocenters. The molecule has 1 saturated heterocycles. The van der Waals surface area contributed by atoms with E-state index in [1.54, 1.807) is 12.1 Å². The average molecular weight is 382 g/mol. The maximum atomic E-state index is 13.7. The SMILES string of the molecule is COC(=O)CCC(OC1CCCCO1)(C(=O)c1ccccc1)c1ccccc1. The summed E-state index contributed by atoms with van der Waals surface area (Å²) >= 11 is 0. The van der Waals surface area contributed by atoms with E-state index < -0.39 is 11.9 Å². The predicted molar refractivity (Wildman–Crippen MR) is 105 cm³/mol. The number of ether oxygens (including phenoxy) is 3. The Kier molecular flexibility index (Phi) is 6.95. The molecule has 0 amide bonds. The molecule has 0 aliphatic carbocycles. The van der Waals surface area contributed by atoms with E-state index in [9.17, 15) is 9.59 Å². The molecule has 2 aromatic rings. The number of carbonyl (C=O) groups excluding carboxylic acids is 2. The monoisotopic (exact) mass is 382 g/mol. The topological polar surface area (TPSA) is 61.8 Å². The van der Waals surface area contributed by atoms with Gasteiger partial charge in [-0.25, -0.2) is 0 Å². The molecule has 3 rings (SSSR count). The minimum atomic E-state index is -1.32. The Morgan fingerprint density at radius 3 is 2.32 bits per heavy atom. The lowest BCUT2D eigenvalue weighted by Crippen LogP contribution is -2.44. The van der Waals surface area contributed by atoms with Crippen LogP contribution < -0.4 is 0 Å². The number of benzene rings is 2. The largest absolute Gasteiger partial charge is 0.469 e. The van der Waals surface area contributed by atoms with Gasteiger partial charge in [0.15, 0.2) is 17.7 Å². The lowest BCUT2D eigenvalue weighted by Gasteiger charge is -2.37. The number of Topliss-reactive ketones (excluding diaryl/α,β-unsaturated/α-hetero) is 1. The van der Waals surface area contributed by atoms with Crippen molar-refractivity contribution >= 4 is 11.8 Å². The minimum absolute atomic E-state index is 0.0662. The Hall–Kier alpha value is -2.50. The first-order valence-corrected chi connectivity index (χ1v) is 9.67. The number of ketones is 1. The van der Waals surface area contributed by atoms with Crippen molar-refractivity contribution in [2.75, 3.05) is 13.7 Å². The zero-order chi connectivity index (χ0) is 19.8. The normalized spacial score (nSPS) is 18.8. The van der Waals surface area contributed by atoms with E-state index in [1.807, 2.05) is 48.5 Å². The van der Waals surface area contributed by atoms with E-state index >= 15 is 0 Å². The van der Waals surface area contributed by atoms with Crippen molar-refractivity contribution in [3.63, 3.8) is 0 Å². The summed E-state index contributed by atoms with van der Waals surface area (Å²) in [6, 6.07) is 18.4. The Morgan fingerprint density at radius 2 is 1.71 bits per heavy atom. The molecule has 5 heteroatoms. The van der Waals surface area contributed by atoms with Crippen LogP contribution in [0.1, 0.15) is 48.0 Å². The molecule has 1 aliphatic heterocycles. The van der Waals surface area contributed by atoms with Gasteiger partial charge >= 0.3 is 5.97 Å². The first kappa shape index (κ1) is 20.2. The zero-order valence-corrected chi connectivity index (χ0v) is 16.1. The molecule has 28 heavy (non-hydrogen) atoms. The van der Waals surface area contributed by atoms with Crippen LogP contribution in [-0.2, 0) is 24.6 Å². The summed E-state index contributed by atoms with van der Waals surface area (Å²) in [5, 5.41) is 0. The highest BCUT2D eigenvalue weighted by atomic mass is 16.7. The van der Waals surface area contributed by atoms with Crippen LogP contribution in [0.15, 0.2) is 60.7 Å². The van der Waals surface area contributed by atoms with Crippen LogP contribution in [0.5, 0.6) is 0 Å². The first-order chi connectivity index (χ1) is 13.7. The third kappa shape index (κ3) is 4.66. The van der Waals surface area contributed by atoms with Crippen molar-refractivity contribution < 1.29 is 23.8 Å². The number of hydrogen-bond donors (Lipinski definition) is 0. The van der Waals surface area contributed by atoms with Gasteiger partial charge in [-0.15, -0.1) is 0 Å². The molecule has 5 nitrogen and oxygen atoms in total. The molecule has 0 bridgehead atoms. The number of carbonyl (C=O) groups is 2. The molecule has 148 valence electrons. The second kappa shape index (κ2) is 9.62. The van der Waals surface area contributed by atoms with Gasteiger partial charge in [0.1, 0.15) is 0 Å². The third-order valence-corrected chi connectivity index (χ3v) is 5.02. The highest BCUT2D eigenvalue weighted by molar-refractivity contribution is 6.03. The van der Waals surface area contributed by atoms with E-state index in [0.29, 0.717) is 17.7 Å².